The fourth-order valence-corrected chi connectivity index (χ4v) is 3.69. The van der Waals surface area contributed by atoms with E-state index in [4.69, 9.17) is 4.98 Å². The van der Waals surface area contributed by atoms with E-state index in [0.717, 1.165) is 35.6 Å². The van der Waals surface area contributed by atoms with E-state index in [9.17, 15) is 4.79 Å². The molecule has 1 atom stereocenters. The Morgan fingerprint density at radius 3 is 2.68 bits per heavy atom. The molecule has 28 heavy (non-hydrogen) atoms. The molecule has 0 aliphatic carbocycles. The van der Waals surface area contributed by atoms with Crippen molar-refractivity contribution in [1.82, 2.24) is 25.1 Å². The Bertz CT molecular complexity index is 997. The van der Waals surface area contributed by atoms with Crippen LogP contribution in [0.1, 0.15) is 28.2 Å². The predicted octanol–water partition coefficient (Wildman–Crippen LogP) is 2.50. The molecule has 3 heterocycles. The van der Waals surface area contributed by atoms with Crippen LogP contribution in [0.5, 0.6) is 0 Å². The second kappa shape index (κ2) is 7.42. The summed E-state index contributed by atoms with van der Waals surface area (Å²) < 4.78 is 1.74. The van der Waals surface area contributed by atoms with Crippen LogP contribution in [0.4, 0.5) is 5.95 Å². The summed E-state index contributed by atoms with van der Waals surface area (Å²) in [5, 5.41) is 7.48. The highest BCUT2D eigenvalue weighted by Crippen LogP contribution is 2.22. The van der Waals surface area contributed by atoms with Crippen LogP contribution in [0.2, 0.25) is 0 Å². The van der Waals surface area contributed by atoms with Crippen molar-refractivity contribution in [2.75, 3.05) is 18.0 Å². The van der Waals surface area contributed by atoms with Crippen molar-refractivity contribution < 1.29 is 4.79 Å². The number of carbonyl (C=O) groups is 1. The van der Waals surface area contributed by atoms with Crippen molar-refractivity contribution >= 4 is 11.9 Å². The number of nitrogens with zero attached hydrogens (tertiary/aromatic N) is 5. The Labute approximate surface area is 164 Å². The molecule has 0 radical (unpaired) electrons. The number of rotatable bonds is 4. The molecule has 1 aliphatic rings. The van der Waals surface area contributed by atoms with Crippen LogP contribution < -0.4 is 10.2 Å². The number of anilines is 1. The Kier molecular flexibility index (Phi) is 4.81. The molecule has 1 aromatic carbocycles. The summed E-state index contributed by atoms with van der Waals surface area (Å²) >= 11 is 0. The first kappa shape index (κ1) is 18.2. The zero-order valence-corrected chi connectivity index (χ0v) is 16.4. The topological polar surface area (TPSA) is 75.9 Å². The summed E-state index contributed by atoms with van der Waals surface area (Å²) in [5.41, 5.74) is 4.27. The maximum Gasteiger partial charge on any atom is 0.255 e. The summed E-state index contributed by atoms with van der Waals surface area (Å²) in [6, 6.07) is 12.1. The second-order valence-electron chi connectivity index (χ2n) is 7.18. The lowest BCUT2D eigenvalue weighted by molar-refractivity contribution is 0.0939. The van der Waals surface area contributed by atoms with Crippen LogP contribution in [0.25, 0.3) is 11.3 Å². The number of nitrogens with one attached hydrogen (secondary N) is 1. The van der Waals surface area contributed by atoms with Gasteiger partial charge in [-0.15, -0.1) is 0 Å². The lowest BCUT2D eigenvalue weighted by Crippen LogP contribution is -2.37. The van der Waals surface area contributed by atoms with E-state index in [-0.39, 0.29) is 11.9 Å². The Morgan fingerprint density at radius 2 is 1.96 bits per heavy atom. The van der Waals surface area contributed by atoms with E-state index in [0.29, 0.717) is 18.1 Å². The van der Waals surface area contributed by atoms with Crippen molar-refractivity contribution in [2.45, 2.75) is 26.3 Å². The zero-order chi connectivity index (χ0) is 19.7. The van der Waals surface area contributed by atoms with Crippen molar-refractivity contribution in [3.05, 3.63) is 59.5 Å². The van der Waals surface area contributed by atoms with Crippen LogP contribution in [0.15, 0.2) is 42.6 Å². The van der Waals surface area contributed by atoms with Gasteiger partial charge in [0.2, 0.25) is 5.95 Å². The van der Waals surface area contributed by atoms with Gasteiger partial charge in [0.05, 0.1) is 17.0 Å². The monoisotopic (exact) mass is 376 g/mol. The van der Waals surface area contributed by atoms with Crippen LogP contribution in [-0.4, -0.2) is 44.8 Å². The number of hydrogen-bond donors (Lipinski definition) is 1. The molecule has 1 amide bonds. The number of carbonyl (C=O) groups excluding carboxylic acids is 1. The molecule has 144 valence electrons. The average Bonchev–Trinajstić information content (AvgIpc) is 3.26. The molecule has 0 bridgehead atoms. The first-order valence-corrected chi connectivity index (χ1v) is 9.47. The average molecular weight is 376 g/mol. The van der Waals surface area contributed by atoms with Crippen molar-refractivity contribution in [1.29, 1.82) is 0 Å². The summed E-state index contributed by atoms with van der Waals surface area (Å²) in [4.78, 5) is 24.0. The summed E-state index contributed by atoms with van der Waals surface area (Å²) in [5.74, 6) is 0.640. The number of benzene rings is 1. The molecular weight excluding hydrogens is 352 g/mol. The third kappa shape index (κ3) is 3.47. The van der Waals surface area contributed by atoms with Crippen LogP contribution in [-0.2, 0) is 7.05 Å². The molecule has 0 saturated carbocycles. The van der Waals surface area contributed by atoms with Gasteiger partial charge in [-0.25, -0.2) is 9.97 Å². The van der Waals surface area contributed by atoms with E-state index in [1.54, 1.807) is 10.9 Å². The van der Waals surface area contributed by atoms with Gasteiger partial charge in [0, 0.05) is 43.6 Å². The van der Waals surface area contributed by atoms with Gasteiger partial charge >= 0.3 is 0 Å². The summed E-state index contributed by atoms with van der Waals surface area (Å²) in [6.45, 7) is 5.29. The van der Waals surface area contributed by atoms with Gasteiger partial charge in [-0.1, -0.05) is 30.3 Å². The quantitative estimate of drug-likeness (QED) is 0.757. The van der Waals surface area contributed by atoms with E-state index >= 15 is 0 Å². The zero-order valence-electron chi connectivity index (χ0n) is 16.4. The smallest absolute Gasteiger partial charge is 0.255 e. The molecule has 2 aromatic heterocycles. The fourth-order valence-electron chi connectivity index (χ4n) is 3.69. The minimum atomic E-state index is -0.0612. The van der Waals surface area contributed by atoms with Gasteiger partial charge in [-0.05, 0) is 26.3 Å². The SMILES string of the molecule is Cc1nn(C)c(C)c1C(=O)NC1CCN(c2nccc(-c3ccccc3)n2)C1. The molecule has 1 unspecified atom stereocenters. The minimum absolute atomic E-state index is 0.0612. The summed E-state index contributed by atoms with van der Waals surface area (Å²) in [7, 11) is 1.85. The highest BCUT2D eigenvalue weighted by atomic mass is 16.1. The maximum absolute atomic E-state index is 12.7. The van der Waals surface area contributed by atoms with E-state index in [1.807, 2.05) is 57.3 Å². The van der Waals surface area contributed by atoms with Crippen LogP contribution >= 0.6 is 0 Å². The molecule has 7 heteroatoms. The molecule has 0 spiro atoms. The molecule has 1 aliphatic heterocycles. The lowest BCUT2D eigenvalue weighted by atomic mass is 10.1. The van der Waals surface area contributed by atoms with Gasteiger partial charge in [-0.3, -0.25) is 9.48 Å². The van der Waals surface area contributed by atoms with Gasteiger partial charge in [0.25, 0.3) is 5.91 Å². The van der Waals surface area contributed by atoms with Crippen molar-refractivity contribution in [3.8, 4) is 11.3 Å². The standard InChI is InChI=1S/C21H24N6O/c1-14-19(15(2)26(3)25-14)20(28)23-17-10-12-27(13-17)21-22-11-9-18(24-21)16-7-5-4-6-8-16/h4-9,11,17H,10,12-13H2,1-3H3,(H,23,28). The first-order valence-electron chi connectivity index (χ1n) is 9.47. The predicted molar refractivity (Wildman–Crippen MR) is 108 cm³/mol. The van der Waals surface area contributed by atoms with Crippen LogP contribution in [0, 0.1) is 13.8 Å². The highest BCUT2D eigenvalue weighted by Gasteiger charge is 2.27. The molecular formula is C21H24N6O. The lowest BCUT2D eigenvalue weighted by Gasteiger charge is -2.17. The third-order valence-electron chi connectivity index (χ3n) is 5.25. The van der Waals surface area contributed by atoms with E-state index in [2.05, 4.69) is 20.3 Å². The number of aryl methyl sites for hydroxylation is 2. The van der Waals surface area contributed by atoms with Gasteiger partial charge in [0.15, 0.2) is 0 Å². The minimum Gasteiger partial charge on any atom is -0.347 e. The first-order chi connectivity index (χ1) is 13.5. The van der Waals surface area contributed by atoms with Crippen LogP contribution in [0.3, 0.4) is 0 Å². The largest absolute Gasteiger partial charge is 0.347 e. The third-order valence-corrected chi connectivity index (χ3v) is 5.25. The second-order valence-corrected chi connectivity index (χ2v) is 7.18. The van der Waals surface area contributed by atoms with Gasteiger partial charge in [-0.2, -0.15) is 5.10 Å². The fraction of sp³-hybridized carbons (Fsp3) is 0.333. The molecule has 1 fully saturated rings. The molecule has 7 nitrogen and oxygen atoms in total. The van der Waals surface area contributed by atoms with Gasteiger partial charge in [0.1, 0.15) is 0 Å². The highest BCUT2D eigenvalue weighted by molar-refractivity contribution is 5.96. The number of hydrogen-bond acceptors (Lipinski definition) is 5. The Balaban J connectivity index is 1.45. The molecule has 4 rings (SSSR count). The van der Waals surface area contributed by atoms with E-state index < -0.39 is 0 Å². The number of amides is 1. The summed E-state index contributed by atoms with van der Waals surface area (Å²) in [6.07, 6.45) is 2.65. The molecule has 3 aromatic rings. The molecule has 1 N–H and O–H groups in total. The Morgan fingerprint density at radius 1 is 1.18 bits per heavy atom. The normalized spacial score (nSPS) is 16.4. The van der Waals surface area contributed by atoms with Crippen molar-refractivity contribution in [3.63, 3.8) is 0 Å². The van der Waals surface area contributed by atoms with Crippen molar-refractivity contribution in [2.24, 2.45) is 7.05 Å². The van der Waals surface area contributed by atoms with Gasteiger partial charge < -0.3 is 10.2 Å². The Hall–Kier alpha value is -3.22. The number of aromatic nitrogens is 4. The van der Waals surface area contributed by atoms with E-state index in [1.165, 1.54) is 0 Å². The molecule has 1 saturated heterocycles. The maximum atomic E-state index is 12.7.